The van der Waals surface area contributed by atoms with E-state index in [1.807, 2.05) is 6.92 Å². The van der Waals surface area contributed by atoms with Gasteiger partial charge in [-0.05, 0) is 12.8 Å². The quantitative estimate of drug-likeness (QED) is 0.675. The Morgan fingerprint density at radius 2 is 1.83 bits per heavy atom. The Labute approximate surface area is 105 Å². The molecule has 4 N–H and O–H groups in total. The molecule has 18 heavy (non-hydrogen) atoms. The highest BCUT2D eigenvalue weighted by molar-refractivity contribution is 5.56. The summed E-state index contributed by atoms with van der Waals surface area (Å²) in [5.41, 5.74) is 10.4. The molecule has 0 aliphatic rings. The number of nitrogens with zero attached hydrogens (tertiary/aromatic N) is 2. The molecule has 0 aliphatic heterocycles. The fourth-order valence-corrected chi connectivity index (χ4v) is 1.74. The maximum absolute atomic E-state index is 12.1. The van der Waals surface area contributed by atoms with E-state index in [4.69, 9.17) is 16.2 Å². The first kappa shape index (κ1) is 14.3. The minimum atomic E-state index is -0.512. The molecule has 0 radical (unpaired) electrons. The van der Waals surface area contributed by atoms with Crippen molar-refractivity contribution >= 4 is 11.5 Å². The second-order valence-electron chi connectivity index (χ2n) is 4.04. The summed E-state index contributed by atoms with van der Waals surface area (Å²) >= 11 is 0. The Morgan fingerprint density at radius 3 is 2.39 bits per heavy atom. The second-order valence-corrected chi connectivity index (χ2v) is 4.04. The monoisotopic (exact) mass is 256 g/mol. The molecule has 1 aromatic heterocycles. The van der Waals surface area contributed by atoms with Crippen LogP contribution in [-0.4, -0.2) is 22.9 Å². The molecule has 0 fully saturated rings. The van der Waals surface area contributed by atoms with Gasteiger partial charge in [0.15, 0.2) is 0 Å². The Morgan fingerprint density at radius 1 is 1.17 bits per heavy atom. The van der Waals surface area contributed by atoms with E-state index in [-0.39, 0.29) is 11.5 Å². The first-order chi connectivity index (χ1) is 8.54. The fraction of sp³-hybridized carbons (Fsp3) is 0.636. The van der Waals surface area contributed by atoms with Gasteiger partial charge in [-0.1, -0.05) is 6.92 Å². The van der Waals surface area contributed by atoms with Crippen molar-refractivity contribution in [3.63, 3.8) is 0 Å². The number of anilines is 2. The van der Waals surface area contributed by atoms with Crippen LogP contribution in [0.5, 0.6) is 0 Å². The summed E-state index contributed by atoms with van der Waals surface area (Å²) < 4.78 is 7.37. The molecule has 0 bridgehead atoms. The van der Waals surface area contributed by atoms with E-state index in [0.29, 0.717) is 32.5 Å². The molecule has 0 unspecified atom stereocenters. The van der Waals surface area contributed by atoms with E-state index in [1.165, 1.54) is 4.57 Å². The molecule has 0 saturated carbocycles. The molecule has 0 atom stereocenters. The van der Waals surface area contributed by atoms with Gasteiger partial charge in [0.25, 0.3) is 5.56 Å². The van der Waals surface area contributed by atoms with Gasteiger partial charge in [0.05, 0.1) is 0 Å². The lowest BCUT2D eigenvalue weighted by Crippen LogP contribution is -2.42. The summed E-state index contributed by atoms with van der Waals surface area (Å²) in [4.78, 5) is 23.9. The second kappa shape index (κ2) is 6.25. The first-order valence-corrected chi connectivity index (χ1v) is 5.92. The van der Waals surface area contributed by atoms with Gasteiger partial charge < -0.3 is 16.2 Å². The van der Waals surface area contributed by atoms with Crippen molar-refractivity contribution < 1.29 is 4.74 Å². The average Bonchev–Trinajstić information content (AvgIpc) is 2.36. The van der Waals surface area contributed by atoms with Crippen LogP contribution in [0, 0.1) is 0 Å². The molecular weight excluding hydrogens is 236 g/mol. The number of aromatic nitrogens is 2. The number of rotatable bonds is 6. The third-order valence-electron chi connectivity index (χ3n) is 2.68. The van der Waals surface area contributed by atoms with Crippen LogP contribution in [0.4, 0.5) is 11.5 Å². The van der Waals surface area contributed by atoms with Crippen LogP contribution in [0.2, 0.25) is 0 Å². The molecule has 1 aromatic rings. The van der Waals surface area contributed by atoms with Crippen molar-refractivity contribution in [3.05, 3.63) is 20.8 Å². The van der Waals surface area contributed by atoms with Crippen molar-refractivity contribution in [1.82, 2.24) is 9.13 Å². The van der Waals surface area contributed by atoms with E-state index in [9.17, 15) is 9.59 Å². The lowest BCUT2D eigenvalue weighted by molar-refractivity contribution is 0.190. The lowest BCUT2D eigenvalue weighted by atomic mass is 10.4. The highest BCUT2D eigenvalue weighted by Gasteiger charge is 2.13. The van der Waals surface area contributed by atoms with Gasteiger partial charge in [-0.2, -0.15) is 0 Å². The molecule has 0 aliphatic carbocycles. The average molecular weight is 256 g/mol. The van der Waals surface area contributed by atoms with Crippen molar-refractivity contribution in [2.75, 3.05) is 25.2 Å². The van der Waals surface area contributed by atoms with Crippen LogP contribution >= 0.6 is 0 Å². The minimum absolute atomic E-state index is 0.0356. The predicted molar refractivity (Wildman–Crippen MR) is 70.6 cm³/mol. The van der Waals surface area contributed by atoms with Crippen LogP contribution in [0.3, 0.4) is 0 Å². The Hall–Kier alpha value is -1.76. The van der Waals surface area contributed by atoms with Gasteiger partial charge in [0.1, 0.15) is 11.5 Å². The van der Waals surface area contributed by atoms with Gasteiger partial charge in [-0.3, -0.25) is 13.9 Å². The molecular formula is C11H20N4O3. The number of ether oxygens (including phenoxy) is 1. The Balaban J connectivity index is 3.24. The van der Waals surface area contributed by atoms with Crippen LogP contribution in [-0.2, 0) is 17.8 Å². The smallest absolute Gasteiger partial charge is 0.332 e. The van der Waals surface area contributed by atoms with Gasteiger partial charge in [0.2, 0.25) is 0 Å². The van der Waals surface area contributed by atoms with Gasteiger partial charge in [-0.15, -0.1) is 0 Å². The minimum Gasteiger partial charge on any atom is -0.391 e. The van der Waals surface area contributed by atoms with E-state index >= 15 is 0 Å². The molecule has 7 heteroatoms. The number of methoxy groups -OCH3 is 1. The molecule has 0 aromatic carbocycles. The Kier molecular flexibility index (Phi) is 4.96. The summed E-state index contributed by atoms with van der Waals surface area (Å²) in [6, 6.07) is 0. The van der Waals surface area contributed by atoms with E-state index in [1.54, 1.807) is 7.11 Å². The number of nitrogen functional groups attached to an aromatic ring is 2. The highest BCUT2D eigenvalue weighted by Crippen LogP contribution is 2.06. The van der Waals surface area contributed by atoms with Crippen molar-refractivity contribution in [2.45, 2.75) is 32.9 Å². The van der Waals surface area contributed by atoms with Gasteiger partial charge in [0, 0.05) is 26.8 Å². The van der Waals surface area contributed by atoms with E-state index in [2.05, 4.69) is 0 Å². The van der Waals surface area contributed by atoms with Gasteiger partial charge in [-0.25, -0.2) is 4.79 Å². The fourth-order valence-electron chi connectivity index (χ4n) is 1.74. The molecule has 0 amide bonds. The molecule has 1 heterocycles. The maximum Gasteiger partial charge on any atom is 0.332 e. The highest BCUT2D eigenvalue weighted by atomic mass is 16.5. The van der Waals surface area contributed by atoms with Crippen LogP contribution < -0.4 is 22.7 Å². The third kappa shape index (κ3) is 2.73. The van der Waals surface area contributed by atoms with Crippen molar-refractivity contribution in [1.29, 1.82) is 0 Å². The van der Waals surface area contributed by atoms with E-state index < -0.39 is 11.2 Å². The summed E-state index contributed by atoms with van der Waals surface area (Å²) in [6.07, 6.45) is 1.31. The maximum atomic E-state index is 12.1. The van der Waals surface area contributed by atoms with E-state index in [0.717, 1.165) is 4.57 Å². The Bertz CT molecular complexity index is 518. The molecule has 0 saturated heterocycles. The van der Waals surface area contributed by atoms with Crippen molar-refractivity contribution in [3.8, 4) is 0 Å². The van der Waals surface area contributed by atoms with Gasteiger partial charge >= 0.3 is 5.69 Å². The zero-order chi connectivity index (χ0) is 13.7. The lowest BCUT2D eigenvalue weighted by Gasteiger charge is -2.14. The van der Waals surface area contributed by atoms with Crippen LogP contribution in [0.15, 0.2) is 9.59 Å². The standard InChI is InChI=1S/C11H20N4O3/c1-3-5-15-10(16)8(12)9(13)14(11(15)17)6-4-7-18-2/h3-7,12-13H2,1-2H3. The van der Waals surface area contributed by atoms with Crippen molar-refractivity contribution in [2.24, 2.45) is 0 Å². The summed E-state index contributed by atoms with van der Waals surface area (Å²) in [5.74, 6) is 0.0356. The zero-order valence-corrected chi connectivity index (χ0v) is 10.8. The molecule has 1 rings (SSSR count). The normalized spacial score (nSPS) is 10.8. The van der Waals surface area contributed by atoms with Crippen LogP contribution in [0.25, 0.3) is 0 Å². The SMILES string of the molecule is CCCn1c(=O)c(N)c(N)n(CCCOC)c1=O. The summed E-state index contributed by atoms with van der Waals surface area (Å²) in [7, 11) is 1.58. The number of hydrogen-bond acceptors (Lipinski definition) is 5. The zero-order valence-electron chi connectivity index (χ0n) is 10.8. The number of nitrogens with two attached hydrogens (primary N) is 2. The molecule has 0 spiro atoms. The summed E-state index contributed by atoms with van der Waals surface area (Å²) in [5, 5.41) is 0. The predicted octanol–water partition coefficient (Wildman–Crippen LogP) is -0.379. The number of hydrogen-bond donors (Lipinski definition) is 2. The largest absolute Gasteiger partial charge is 0.391 e. The topological polar surface area (TPSA) is 105 Å². The first-order valence-electron chi connectivity index (χ1n) is 5.92. The molecule has 7 nitrogen and oxygen atoms in total. The van der Waals surface area contributed by atoms with Crippen LogP contribution in [0.1, 0.15) is 19.8 Å². The summed E-state index contributed by atoms with van der Waals surface area (Å²) in [6.45, 7) is 3.12. The molecule has 102 valence electrons. The third-order valence-corrected chi connectivity index (χ3v) is 2.68.